The highest BCUT2D eigenvalue weighted by Crippen LogP contribution is 2.20. The summed E-state index contributed by atoms with van der Waals surface area (Å²) in [6.45, 7) is 0.507. The maximum atomic E-state index is 11.6. The van der Waals surface area contributed by atoms with Crippen LogP contribution >= 0.6 is 24.0 Å². The number of thioether (sulfide) groups is 1. The van der Waals surface area contributed by atoms with Crippen LogP contribution in [0.3, 0.4) is 0 Å². The highest BCUT2D eigenvalue weighted by Gasteiger charge is 2.25. The first-order chi connectivity index (χ1) is 11.2. The van der Waals surface area contributed by atoms with Gasteiger partial charge in [-0.15, -0.1) is 0 Å². The van der Waals surface area contributed by atoms with Crippen molar-refractivity contribution < 1.29 is 9.53 Å². The van der Waals surface area contributed by atoms with E-state index in [4.69, 9.17) is 17.0 Å². The standard InChI is InChI=1S/C17H14N2O2S2/c20-16-12-23-17(22)19(16)18-10-14-7-4-8-15(9-14)21-11-13-5-2-1-3-6-13/h1-10H,11-12H2/b18-10+. The molecular weight excluding hydrogens is 328 g/mol. The lowest BCUT2D eigenvalue weighted by atomic mass is 10.2. The van der Waals surface area contributed by atoms with E-state index in [1.54, 1.807) is 6.21 Å². The number of nitrogens with zero attached hydrogens (tertiary/aromatic N) is 2. The second-order valence-corrected chi connectivity index (χ2v) is 6.46. The Morgan fingerprint density at radius 3 is 2.78 bits per heavy atom. The van der Waals surface area contributed by atoms with Gasteiger partial charge >= 0.3 is 0 Å². The molecule has 1 aliphatic heterocycles. The molecule has 0 aliphatic carbocycles. The third-order valence-corrected chi connectivity index (χ3v) is 4.49. The van der Waals surface area contributed by atoms with Gasteiger partial charge in [-0.2, -0.15) is 10.1 Å². The molecule has 0 radical (unpaired) electrons. The van der Waals surface area contributed by atoms with Gasteiger partial charge in [0.25, 0.3) is 5.91 Å². The van der Waals surface area contributed by atoms with E-state index in [0.717, 1.165) is 16.9 Å². The quantitative estimate of drug-likeness (QED) is 0.616. The number of carbonyl (C=O) groups is 1. The van der Waals surface area contributed by atoms with Gasteiger partial charge in [-0.25, -0.2) is 0 Å². The molecule has 0 saturated carbocycles. The van der Waals surface area contributed by atoms with E-state index in [0.29, 0.717) is 16.7 Å². The molecule has 0 spiro atoms. The molecule has 0 unspecified atom stereocenters. The number of hydrazone groups is 1. The van der Waals surface area contributed by atoms with Crippen molar-refractivity contribution in [1.29, 1.82) is 0 Å². The van der Waals surface area contributed by atoms with Gasteiger partial charge in [0.2, 0.25) is 0 Å². The van der Waals surface area contributed by atoms with E-state index >= 15 is 0 Å². The van der Waals surface area contributed by atoms with Gasteiger partial charge in [0.1, 0.15) is 12.4 Å². The Balaban J connectivity index is 1.65. The first-order valence-corrected chi connectivity index (χ1v) is 8.42. The van der Waals surface area contributed by atoms with Crippen molar-refractivity contribution in [3.8, 4) is 5.75 Å². The summed E-state index contributed by atoms with van der Waals surface area (Å²) in [5.74, 6) is 1.02. The number of hydrogen-bond donors (Lipinski definition) is 0. The molecule has 3 rings (SSSR count). The van der Waals surface area contributed by atoms with Crippen LogP contribution < -0.4 is 4.74 Å². The van der Waals surface area contributed by atoms with Gasteiger partial charge in [0, 0.05) is 0 Å². The Morgan fingerprint density at radius 2 is 2.04 bits per heavy atom. The molecule has 1 heterocycles. The molecule has 0 atom stereocenters. The topological polar surface area (TPSA) is 41.9 Å². The predicted octanol–water partition coefficient (Wildman–Crippen LogP) is 3.46. The van der Waals surface area contributed by atoms with Crippen LogP contribution in [0.1, 0.15) is 11.1 Å². The molecule has 0 N–H and O–H groups in total. The minimum atomic E-state index is -0.0901. The summed E-state index contributed by atoms with van der Waals surface area (Å²) < 4.78 is 6.26. The first kappa shape index (κ1) is 15.7. The normalized spacial score (nSPS) is 14.7. The van der Waals surface area contributed by atoms with Crippen molar-refractivity contribution in [2.24, 2.45) is 5.10 Å². The van der Waals surface area contributed by atoms with Crippen LogP contribution in [-0.4, -0.2) is 27.2 Å². The van der Waals surface area contributed by atoms with Crippen LogP contribution in [-0.2, 0) is 11.4 Å². The second-order valence-electron chi connectivity index (χ2n) is 4.85. The zero-order valence-electron chi connectivity index (χ0n) is 12.2. The molecule has 0 bridgehead atoms. The molecule has 1 aliphatic rings. The average Bonchev–Trinajstić information content (AvgIpc) is 2.91. The van der Waals surface area contributed by atoms with Crippen molar-refractivity contribution in [2.75, 3.05) is 5.75 Å². The van der Waals surface area contributed by atoms with Gasteiger partial charge in [0.15, 0.2) is 4.32 Å². The van der Waals surface area contributed by atoms with Crippen LogP contribution in [0, 0.1) is 0 Å². The molecular formula is C17H14N2O2S2. The summed E-state index contributed by atoms with van der Waals surface area (Å²) in [6, 6.07) is 17.5. The monoisotopic (exact) mass is 342 g/mol. The van der Waals surface area contributed by atoms with Crippen LogP contribution in [0.5, 0.6) is 5.75 Å². The SMILES string of the molecule is O=C1CSC(=S)N1/N=C/c1cccc(OCc2ccccc2)c1. The van der Waals surface area contributed by atoms with Gasteiger partial charge in [-0.3, -0.25) is 4.79 Å². The van der Waals surface area contributed by atoms with Gasteiger partial charge in [-0.1, -0.05) is 66.4 Å². The molecule has 2 aromatic carbocycles. The maximum Gasteiger partial charge on any atom is 0.259 e. The van der Waals surface area contributed by atoms with E-state index in [2.05, 4.69) is 5.10 Å². The Hall–Kier alpha value is -2.18. The summed E-state index contributed by atoms with van der Waals surface area (Å²) in [6.07, 6.45) is 1.62. The summed E-state index contributed by atoms with van der Waals surface area (Å²) in [5.41, 5.74) is 1.96. The molecule has 23 heavy (non-hydrogen) atoms. The van der Waals surface area contributed by atoms with Crippen LogP contribution in [0.25, 0.3) is 0 Å². The fourth-order valence-electron chi connectivity index (χ4n) is 2.01. The van der Waals surface area contributed by atoms with Crippen LogP contribution in [0.2, 0.25) is 0 Å². The summed E-state index contributed by atoms with van der Waals surface area (Å²) >= 11 is 6.41. The van der Waals surface area contributed by atoms with Gasteiger partial charge in [-0.05, 0) is 23.3 Å². The Morgan fingerprint density at radius 1 is 1.22 bits per heavy atom. The number of ether oxygens (including phenoxy) is 1. The summed E-state index contributed by atoms with van der Waals surface area (Å²) in [7, 11) is 0. The van der Waals surface area contributed by atoms with Crippen molar-refractivity contribution >= 4 is 40.4 Å². The van der Waals surface area contributed by atoms with E-state index in [-0.39, 0.29) is 5.91 Å². The number of amides is 1. The van der Waals surface area contributed by atoms with E-state index in [9.17, 15) is 4.79 Å². The highest BCUT2D eigenvalue weighted by molar-refractivity contribution is 8.23. The van der Waals surface area contributed by atoms with E-state index < -0.39 is 0 Å². The molecule has 4 nitrogen and oxygen atoms in total. The predicted molar refractivity (Wildman–Crippen MR) is 96.7 cm³/mol. The van der Waals surface area contributed by atoms with Crippen LogP contribution in [0.15, 0.2) is 59.7 Å². The first-order valence-electron chi connectivity index (χ1n) is 7.03. The minimum Gasteiger partial charge on any atom is -0.489 e. The lowest BCUT2D eigenvalue weighted by molar-refractivity contribution is -0.123. The summed E-state index contributed by atoms with van der Waals surface area (Å²) in [4.78, 5) is 11.6. The average molecular weight is 342 g/mol. The number of thiocarbonyl (C=S) groups is 1. The third-order valence-electron chi connectivity index (χ3n) is 3.16. The highest BCUT2D eigenvalue weighted by atomic mass is 32.2. The lowest BCUT2D eigenvalue weighted by Gasteiger charge is -2.08. The second kappa shape index (κ2) is 7.39. The van der Waals surface area contributed by atoms with Gasteiger partial charge < -0.3 is 4.74 Å². The molecule has 1 saturated heterocycles. The van der Waals surface area contributed by atoms with Crippen molar-refractivity contribution in [1.82, 2.24) is 5.01 Å². The Kier molecular flexibility index (Phi) is 5.05. The van der Waals surface area contributed by atoms with Crippen LogP contribution in [0.4, 0.5) is 0 Å². The number of carbonyl (C=O) groups excluding carboxylic acids is 1. The zero-order chi connectivity index (χ0) is 16.1. The molecule has 1 amide bonds. The van der Waals surface area contributed by atoms with Crippen molar-refractivity contribution in [3.05, 3.63) is 65.7 Å². The number of rotatable bonds is 5. The van der Waals surface area contributed by atoms with E-state index in [1.165, 1.54) is 16.8 Å². The van der Waals surface area contributed by atoms with E-state index in [1.807, 2.05) is 54.6 Å². The fourth-order valence-corrected chi connectivity index (χ4v) is 2.98. The zero-order valence-corrected chi connectivity index (χ0v) is 13.8. The Labute approximate surface area is 144 Å². The molecule has 116 valence electrons. The minimum absolute atomic E-state index is 0.0901. The van der Waals surface area contributed by atoms with Crippen molar-refractivity contribution in [3.63, 3.8) is 0 Å². The number of benzene rings is 2. The lowest BCUT2D eigenvalue weighted by Crippen LogP contribution is -2.22. The molecule has 2 aromatic rings. The molecule has 0 aromatic heterocycles. The smallest absolute Gasteiger partial charge is 0.259 e. The van der Waals surface area contributed by atoms with Gasteiger partial charge in [0.05, 0.1) is 12.0 Å². The largest absolute Gasteiger partial charge is 0.489 e. The summed E-state index contributed by atoms with van der Waals surface area (Å²) in [5, 5.41) is 5.42. The third kappa shape index (κ3) is 4.18. The number of hydrogen-bond acceptors (Lipinski definition) is 5. The maximum absolute atomic E-state index is 11.6. The molecule has 1 fully saturated rings. The van der Waals surface area contributed by atoms with Crippen molar-refractivity contribution in [2.45, 2.75) is 6.61 Å². The molecule has 6 heteroatoms. The Bertz CT molecular complexity index is 731. The fraction of sp³-hybridized carbons (Fsp3) is 0.118.